The molecule has 6 heteroatoms. The Labute approximate surface area is 122 Å². The molecular formula is C15H19F2NO3. The Kier molecular flexibility index (Phi) is 4.77. The molecule has 1 fully saturated rings. The van der Waals surface area contributed by atoms with Crippen molar-refractivity contribution in [1.82, 2.24) is 4.90 Å². The Balaban J connectivity index is 1.87. The molecule has 0 aromatic heterocycles. The Bertz CT molecular complexity index is 480. The summed E-state index contributed by atoms with van der Waals surface area (Å²) in [4.78, 5) is 12.7. The van der Waals surface area contributed by atoms with Crippen molar-refractivity contribution in [3.63, 3.8) is 0 Å². The van der Waals surface area contributed by atoms with Crippen molar-refractivity contribution in [3.05, 3.63) is 29.8 Å². The van der Waals surface area contributed by atoms with Crippen molar-refractivity contribution in [2.45, 2.75) is 38.3 Å². The van der Waals surface area contributed by atoms with Gasteiger partial charge in [0.25, 0.3) is 5.92 Å². The number of aliphatic carboxylic acids is 1. The fourth-order valence-electron chi connectivity index (χ4n) is 2.22. The van der Waals surface area contributed by atoms with Gasteiger partial charge in [0, 0.05) is 32.5 Å². The van der Waals surface area contributed by atoms with Crippen LogP contribution in [0.3, 0.4) is 0 Å². The zero-order chi connectivity index (χ0) is 15.5. The molecule has 0 aliphatic carbocycles. The molecule has 0 radical (unpaired) electrons. The molecule has 1 aliphatic rings. The summed E-state index contributed by atoms with van der Waals surface area (Å²) in [6, 6.07) is 7.06. The van der Waals surface area contributed by atoms with E-state index >= 15 is 0 Å². The molecule has 116 valence electrons. The maximum atomic E-state index is 13.1. The van der Waals surface area contributed by atoms with Gasteiger partial charge in [-0.25, -0.2) is 13.6 Å². The number of benzene rings is 1. The molecule has 0 unspecified atom stereocenters. The van der Waals surface area contributed by atoms with Gasteiger partial charge < -0.3 is 9.84 Å². The number of carbonyl (C=O) groups is 1. The predicted octanol–water partition coefficient (Wildman–Crippen LogP) is 2.77. The van der Waals surface area contributed by atoms with E-state index in [1.54, 1.807) is 12.1 Å². The molecule has 1 atom stereocenters. The number of rotatable bonds is 5. The van der Waals surface area contributed by atoms with Crippen LogP contribution in [0.5, 0.6) is 5.75 Å². The second-order valence-corrected chi connectivity index (χ2v) is 5.37. The third-order valence-corrected chi connectivity index (χ3v) is 3.58. The van der Waals surface area contributed by atoms with E-state index in [1.165, 1.54) is 6.92 Å². The summed E-state index contributed by atoms with van der Waals surface area (Å²) in [5.74, 6) is -3.06. The first kappa shape index (κ1) is 15.7. The summed E-state index contributed by atoms with van der Waals surface area (Å²) in [7, 11) is 0. The Morgan fingerprint density at radius 2 is 1.90 bits per heavy atom. The van der Waals surface area contributed by atoms with Gasteiger partial charge in [0.1, 0.15) is 5.75 Å². The molecule has 2 rings (SSSR count). The number of ether oxygens (including phenoxy) is 1. The molecule has 1 aliphatic heterocycles. The van der Waals surface area contributed by atoms with E-state index in [9.17, 15) is 13.6 Å². The number of hydrogen-bond acceptors (Lipinski definition) is 3. The zero-order valence-electron chi connectivity index (χ0n) is 11.9. The van der Waals surface area contributed by atoms with Crippen LogP contribution in [0.2, 0.25) is 0 Å². The highest BCUT2D eigenvalue weighted by Crippen LogP contribution is 2.28. The molecule has 1 saturated heterocycles. The first-order valence-corrected chi connectivity index (χ1v) is 6.94. The third kappa shape index (κ3) is 4.67. The van der Waals surface area contributed by atoms with E-state index in [2.05, 4.69) is 0 Å². The van der Waals surface area contributed by atoms with Crippen molar-refractivity contribution in [3.8, 4) is 5.75 Å². The number of hydrogen-bond donors (Lipinski definition) is 1. The molecule has 1 aromatic rings. The van der Waals surface area contributed by atoms with E-state index in [1.807, 2.05) is 17.0 Å². The van der Waals surface area contributed by atoms with Crippen LogP contribution in [0.15, 0.2) is 24.3 Å². The first-order valence-electron chi connectivity index (χ1n) is 6.94. The highest BCUT2D eigenvalue weighted by atomic mass is 19.3. The summed E-state index contributed by atoms with van der Waals surface area (Å²) in [6.45, 7) is 2.86. The second kappa shape index (κ2) is 6.39. The summed E-state index contributed by atoms with van der Waals surface area (Å²) in [6.07, 6.45) is -1.09. The lowest BCUT2D eigenvalue weighted by Gasteiger charge is -2.31. The van der Waals surface area contributed by atoms with Gasteiger partial charge in [0.15, 0.2) is 6.10 Å². The van der Waals surface area contributed by atoms with Gasteiger partial charge in [-0.05, 0) is 24.6 Å². The Morgan fingerprint density at radius 1 is 1.33 bits per heavy atom. The van der Waals surface area contributed by atoms with Crippen LogP contribution in [0.1, 0.15) is 25.3 Å². The summed E-state index contributed by atoms with van der Waals surface area (Å²) in [5.41, 5.74) is 0.996. The van der Waals surface area contributed by atoms with Gasteiger partial charge in [0.2, 0.25) is 0 Å². The predicted molar refractivity (Wildman–Crippen MR) is 73.6 cm³/mol. The highest BCUT2D eigenvalue weighted by molar-refractivity contribution is 5.72. The maximum absolute atomic E-state index is 13.1. The van der Waals surface area contributed by atoms with Crippen molar-refractivity contribution >= 4 is 5.97 Å². The van der Waals surface area contributed by atoms with Crippen LogP contribution in [0.25, 0.3) is 0 Å². The Morgan fingerprint density at radius 3 is 2.43 bits per heavy atom. The lowest BCUT2D eigenvalue weighted by atomic mass is 10.1. The van der Waals surface area contributed by atoms with Gasteiger partial charge >= 0.3 is 5.97 Å². The Hall–Kier alpha value is -1.69. The molecule has 0 amide bonds. The average Bonchev–Trinajstić information content (AvgIpc) is 2.43. The molecular weight excluding hydrogens is 280 g/mol. The summed E-state index contributed by atoms with van der Waals surface area (Å²) in [5, 5.41) is 8.76. The van der Waals surface area contributed by atoms with Crippen molar-refractivity contribution in [1.29, 1.82) is 0 Å². The van der Waals surface area contributed by atoms with Crippen molar-refractivity contribution < 1.29 is 23.4 Å². The fourth-order valence-corrected chi connectivity index (χ4v) is 2.22. The van der Waals surface area contributed by atoms with Gasteiger partial charge in [-0.15, -0.1) is 0 Å². The SMILES string of the molecule is C[C@H](Oc1ccc(CN2CCC(F)(F)CC2)cc1)C(=O)O. The van der Waals surface area contributed by atoms with E-state index in [4.69, 9.17) is 9.84 Å². The molecule has 0 bridgehead atoms. The number of piperidine rings is 1. The van der Waals surface area contributed by atoms with E-state index < -0.39 is 18.0 Å². The molecule has 4 nitrogen and oxygen atoms in total. The number of carboxylic acid groups (broad SMARTS) is 1. The maximum Gasteiger partial charge on any atom is 0.344 e. The molecule has 0 spiro atoms. The zero-order valence-corrected chi connectivity index (χ0v) is 11.9. The first-order chi connectivity index (χ1) is 9.85. The van der Waals surface area contributed by atoms with Gasteiger partial charge in [-0.1, -0.05) is 12.1 Å². The third-order valence-electron chi connectivity index (χ3n) is 3.58. The van der Waals surface area contributed by atoms with E-state index in [0.29, 0.717) is 25.4 Å². The van der Waals surface area contributed by atoms with Crippen LogP contribution < -0.4 is 4.74 Å². The number of nitrogens with zero attached hydrogens (tertiary/aromatic N) is 1. The molecule has 21 heavy (non-hydrogen) atoms. The largest absolute Gasteiger partial charge is 0.479 e. The number of carboxylic acids is 1. The van der Waals surface area contributed by atoms with Crippen LogP contribution in [0.4, 0.5) is 8.78 Å². The van der Waals surface area contributed by atoms with Crippen LogP contribution in [0, 0.1) is 0 Å². The molecule has 0 saturated carbocycles. The minimum atomic E-state index is -2.53. The smallest absolute Gasteiger partial charge is 0.344 e. The van der Waals surface area contributed by atoms with Crippen LogP contribution in [-0.4, -0.2) is 41.1 Å². The quantitative estimate of drug-likeness (QED) is 0.908. The second-order valence-electron chi connectivity index (χ2n) is 5.37. The summed E-state index contributed by atoms with van der Waals surface area (Å²) >= 11 is 0. The number of likely N-dealkylation sites (tertiary alicyclic amines) is 1. The summed E-state index contributed by atoms with van der Waals surface area (Å²) < 4.78 is 31.4. The van der Waals surface area contributed by atoms with Gasteiger partial charge in [-0.2, -0.15) is 0 Å². The van der Waals surface area contributed by atoms with Gasteiger partial charge in [0.05, 0.1) is 0 Å². The standard InChI is InChI=1S/C15H19F2NO3/c1-11(14(19)20)21-13-4-2-12(3-5-13)10-18-8-6-15(16,17)7-9-18/h2-5,11H,6-10H2,1H3,(H,19,20)/t11-/m0/s1. The topological polar surface area (TPSA) is 49.8 Å². The van der Waals surface area contributed by atoms with Crippen LogP contribution in [-0.2, 0) is 11.3 Å². The van der Waals surface area contributed by atoms with Crippen molar-refractivity contribution in [2.75, 3.05) is 13.1 Å². The van der Waals surface area contributed by atoms with Crippen molar-refractivity contribution in [2.24, 2.45) is 0 Å². The minimum Gasteiger partial charge on any atom is -0.479 e. The van der Waals surface area contributed by atoms with Crippen LogP contribution >= 0.6 is 0 Å². The lowest BCUT2D eigenvalue weighted by molar-refractivity contribution is -0.144. The van der Waals surface area contributed by atoms with Gasteiger partial charge in [-0.3, -0.25) is 4.90 Å². The number of halogens is 2. The molecule has 1 aromatic carbocycles. The highest BCUT2D eigenvalue weighted by Gasteiger charge is 2.33. The monoisotopic (exact) mass is 299 g/mol. The normalized spacial score (nSPS) is 20.0. The molecule has 1 N–H and O–H groups in total. The molecule has 1 heterocycles. The lowest BCUT2D eigenvalue weighted by Crippen LogP contribution is -2.38. The minimum absolute atomic E-state index is 0.0929. The van der Waals surface area contributed by atoms with E-state index in [0.717, 1.165) is 5.56 Å². The van der Waals surface area contributed by atoms with E-state index in [-0.39, 0.29) is 12.8 Å². The average molecular weight is 299 g/mol. The fraction of sp³-hybridized carbons (Fsp3) is 0.533. The number of alkyl halides is 2.